The van der Waals surface area contributed by atoms with Crippen molar-refractivity contribution in [2.75, 3.05) is 6.61 Å². The Hall–Kier alpha value is -1.81. The predicted octanol–water partition coefficient (Wildman–Crippen LogP) is 5.13. The molecule has 1 saturated carbocycles. The van der Waals surface area contributed by atoms with Crippen LogP contribution < -0.4 is 10.1 Å². The first kappa shape index (κ1) is 18.0. The molecule has 0 unspecified atom stereocenters. The molecule has 0 aromatic heterocycles. The smallest absolute Gasteiger partial charge is 0.255 e. The monoisotopic (exact) mass is 401 g/mol. The first-order valence-corrected chi connectivity index (χ1v) is 9.79. The van der Waals surface area contributed by atoms with Crippen LogP contribution >= 0.6 is 15.9 Å². The molecule has 1 N–H and O–H groups in total. The van der Waals surface area contributed by atoms with Crippen molar-refractivity contribution in [1.82, 2.24) is 5.32 Å². The van der Waals surface area contributed by atoms with Gasteiger partial charge < -0.3 is 10.1 Å². The van der Waals surface area contributed by atoms with Gasteiger partial charge in [-0.3, -0.25) is 4.79 Å². The molecule has 1 aliphatic carbocycles. The molecule has 0 heterocycles. The molecule has 4 heteroatoms. The van der Waals surface area contributed by atoms with Crippen LogP contribution in [-0.2, 0) is 6.42 Å². The summed E-state index contributed by atoms with van der Waals surface area (Å²) in [6.07, 6.45) is 6.64. The van der Waals surface area contributed by atoms with Crippen molar-refractivity contribution in [2.24, 2.45) is 0 Å². The van der Waals surface area contributed by atoms with E-state index in [9.17, 15) is 4.79 Å². The minimum atomic E-state index is -0.0390. The molecule has 0 atom stereocenters. The lowest BCUT2D eigenvalue weighted by atomic mass is 9.95. The minimum Gasteiger partial charge on any atom is -0.492 e. The first-order chi connectivity index (χ1) is 12.2. The minimum absolute atomic E-state index is 0.0390. The summed E-state index contributed by atoms with van der Waals surface area (Å²) in [5.41, 5.74) is 1.83. The Morgan fingerprint density at radius 2 is 1.84 bits per heavy atom. The SMILES string of the molecule is O=C(NC1CCCCC1)c1cc(Br)ccc1OCCc1ccccc1. The van der Waals surface area contributed by atoms with E-state index in [4.69, 9.17) is 4.74 Å². The van der Waals surface area contributed by atoms with E-state index in [1.54, 1.807) is 0 Å². The van der Waals surface area contributed by atoms with Gasteiger partial charge in [0.15, 0.2) is 0 Å². The summed E-state index contributed by atoms with van der Waals surface area (Å²) in [4.78, 5) is 12.7. The topological polar surface area (TPSA) is 38.3 Å². The molecule has 1 fully saturated rings. The van der Waals surface area contributed by atoms with E-state index in [-0.39, 0.29) is 11.9 Å². The summed E-state index contributed by atoms with van der Waals surface area (Å²) >= 11 is 3.46. The Morgan fingerprint density at radius 3 is 2.60 bits per heavy atom. The normalized spacial score (nSPS) is 14.9. The summed E-state index contributed by atoms with van der Waals surface area (Å²) in [6, 6.07) is 16.1. The molecule has 2 aromatic rings. The molecule has 0 aliphatic heterocycles. The number of halogens is 1. The van der Waals surface area contributed by atoms with Gasteiger partial charge >= 0.3 is 0 Å². The lowest BCUT2D eigenvalue weighted by molar-refractivity contribution is 0.0923. The van der Waals surface area contributed by atoms with Gasteiger partial charge in [-0.25, -0.2) is 0 Å². The number of amides is 1. The molecule has 1 aliphatic rings. The second-order valence-corrected chi connectivity index (χ2v) is 7.45. The maximum Gasteiger partial charge on any atom is 0.255 e. The fraction of sp³-hybridized carbons (Fsp3) is 0.381. The maximum absolute atomic E-state index is 12.7. The second kappa shape index (κ2) is 9.04. The summed E-state index contributed by atoms with van der Waals surface area (Å²) in [5, 5.41) is 3.17. The molecular formula is C21H24BrNO2. The van der Waals surface area contributed by atoms with Gasteiger partial charge in [0.05, 0.1) is 12.2 Å². The zero-order chi connectivity index (χ0) is 17.5. The number of carbonyl (C=O) groups is 1. The average Bonchev–Trinajstić information content (AvgIpc) is 2.64. The van der Waals surface area contributed by atoms with Crippen LogP contribution in [0.1, 0.15) is 48.0 Å². The van der Waals surface area contributed by atoms with E-state index in [0.29, 0.717) is 17.9 Å². The highest BCUT2D eigenvalue weighted by atomic mass is 79.9. The molecule has 0 spiro atoms. The van der Waals surface area contributed by atoms with Crippen LogP contribution in [0.3, 0.4) is 0 Å². The van der Waals surface area contributed by atoms with Gasteiger partial charge in [-0.1, -0.05) is 65.5 Å². The zero-order valence-corrected chi connectivity index (χ0v) is 15.9. The molecule has 0 bridgehead atoms. The van der Waals surface area contributed by atoms with Gasteiger partial charge in [-0.05, 0) is 36.6 Å². The third kappa shape index (κ3) is 5.33. The Balaban J connectivity index is 1.63. The van der Waals surface area contributed by atoms with Crippen molar-refractivity contribution in [2.45, 2.75) is 44.6 Å². The number of ether oxygens (including phenoxy) is 1. The summed E-state index contributed by atoms with van der Waals surface area (Å²) in [7, 11) is 0. The molecular weight excluding hydrogens is 378 g/mol. The highest BCUT2D eigenvalue weighted by molar-refractivity contribution is 9.10. The summed E-state index contributed by atoms with van der Waals surface area (Å²) in [5.74, 6) is 0.607. The van der Waals surface area contributed by atoms with Gasteiger partial charge in [0.2, 0.25) is 0 Å². The number of rotatable bonds is 6. The standard InChI is InChI=1S/C21H24BrNO2/c22-17-11-12-20(25-14-13-16-7-3-1-4-8-16)19(15-17)21(24)23-18-9-5-2-6-10-18/h1,3-4,7-8,11-12,15,18H,2,5-6,9-10,13-14H2,(H,23,24). The lowest BCUT2D eigenvalue weighted by Gasteiger charge is -2.23. The number of benzene rings is 2. The van der Waals surface area contributed by atoms with Crippen molar-refractivity contribution >= 4 is 21.8 Å². The van der Waals surface area contributed by atoms with E-state index in [2.05, 4.69) is 33.4 Å². The number of carbonyl (C=O) groups excluding carboxylic acids is 1. The molecule has 132 valence electrons. The number of hydrogen-bond acceptors (Lipinski definition) is 2. The van der Waals surface area contributed by atoms with Crippen molar-refractivity contribution in [3.63, 3.8) is 0 Å². The van der Waals surface area contributed by atoms with E-state index in [1.807, 2.05) is 36.4 Å². The van der Waals surface area contributed by atoms with Gasteiger partial charge in [0, 0.05) is 16.9 Å². The number of nitrogens with one attached hydrogen (secondary N) is 1. The van der Waals surface area contributed by atoms with Crippen molar-refractivity contribution in [3.05, 3.63) is 64.1 Å². The average molecular weight is 402 g/mol. The van der Waals surface area contributed by atoms with E-state index in [0.717, 1.165) is 23.7 Å². The molecule has 25 heavy (non-hydrogen) atoms. The number of hydrogen-bond donors (Lipinski definition) is 1. The molecule has 0 saturated heterocycles. The Kier molecular flexibility index (Phi) is 6.51. The van der Waals surface area contributed by atoms with E-state index in [1.165, 1.54) is 24.8 Å². The van der Waals surface area contributed by atoms with Crippen LogP contribution in [0.25, 0.3) is 0 Å². The van der Waals surface area contributed by atoms with Crippen molar-refractivity contribution < 1.29 is 9.53 Å². The fourth-order valence-corrected chi connectivity index (χ4v) is 3.60. The van der Waals surface area contributed by atoms with Crippen LogP contribution in [0.4, 0.5) is 0 Å². The van der Waals surface area contributed by atoms with E-state index >= 15 is 0 Å². The fourth-order valence-electron chi connectivity index (χ4n) is 3.24. The van der Waals surface area contributed by atoms with Gasteiger partial charge in [-0.15, -0.1) is 0 Å². The Labute approximate surface area is 157 Å². The van der Waals surface area contributed by atoms with Gasteiger partial charge in [-0.2, -0.15) is 0 Å². The van der Waals surface area contributed by atoms with Gasteiger partial charge in [0.25, 0.3) is 5.91 Å². The van der Waals surface area contributed by atoms with E-state index < -0.39 is 0 Å². The third-order valence-electron chi connectivity index (χ3n) is 4.62. The van der Waals surface area contributed by atoms with Crippen molar-refractivity contribution in [3.8, 4) is 5.75 Å². The molecule has 2 aromatic carbocycles. The zero-order valence-electron chi connectivity index (χ0n) is 14.3. The third-order valence-corrected chi connectivity index (χ3v) is 5.11. The Morgan fingerprint density at radius 1 is 1.08 bits per heavy atom. The Bertz CT molecular complexity index is 696. The second-order valence-electron chi connectivity index (χ2n) is 6.53. The molecule has 1 amide bonds. The predicted molar refractivity (Wildman–Crippen MR) is 104 cm³/mol. The van der Waals surface area contributed by atoms with Crippen molar-refractivity contribution in [1.29, 1.82) is 0 Å². The highest BCUT2D eigenvalue weighted by Gasteiger charge is 2.19. The maximum atomic E-state index is 12.7. The highest BCUT2D eigenvalue weighted by Crippen LogP contribution is 2.25. The molecule has 3 nitrogen and oxygen atoms in total. The van der Waals surface area contributed by atoms with Crippen LogP contribution in [0.15, 0.2) is 53.0 Å². The first-order valence-electron chi connectivity index (χ1n) is 8.99. The van der Waals surface area contributed by atoms with Crippen LogP contribution in [0, 0.1) is 0 Å². The molecule has 3 rings (SSSR count). The van der Waals surface area contributed by atoms with Crippen LogP contribution in [-0.4, -0.2) is 18.6 Å². The van der Waals surface area contributed by atoms with Crippen LogP contribution in [0.5, 0.6) is 5.75 Å². The summed E-state index contributed by atoms with van der Waals surface area (Å²) < 4.78 is 6.81. The van der Waals surface area contributed by atoms with Gasteiger partial charge in [0.1, 0.15) is 5.75 Å². The lowest BCUT2D eigenvalue weighted by Crippen LogP contribution is -2.36. The largest absolute Gasteiger partial charge is 0.492 e. The van der Waals surface area contributed by atoms with Crippen LogP contribution in [0.2, 0.25) is 0 Å². The summed E-state index contributed by atoms with van der Waals surface area (Å²) in [6.45, 7) is 0.551. The molecule has 0 radical (unpaired) electrons. The quantitative estimate of drug-likeness (QED) is 0.727.